The van der Waals surface area contributed by atoms with Crippen LogP contribution in [0.15, 0.2) is 24.3 Å². The molecule has 1 aliphatic heterocycles. The molecule has 0 radical (unpaired) electrons. The van der Waals surface area contributed by atoms with Crippen molar-refractivity contribution in [2.75, 3.05) is 11.5 Å². The highest BCUT2D eigenvalue weighted by Crippen LogP contribution is 2.33. The number of carboxylic acid groups (broad SMARTS) is 1. The molecule has 1 atom stereocenters. The Bertz CT molecular complexity index is 595. The second-order valence-electron chi connectivity index (χ2n) is 6.82. The number of ether oxygens (including phenoxy) is 1. The minimum absolute atomic E-state index is 0.336. The second-order valence-corrected chi connectivity index (χ2v) is 6.82. The van der Waals surface area contributed by atoms with E-state index in [2.05, 4.69) is 0 Å². The Kier molecular flexibility index (Phi) is 5.38. The number of nitrogens with zero attached hydrogens (tertiary/aromatic N) is 1. The Balaban J connectivity index is 1.54. The van der Waals surface area contributed by atoms with Gasteiger partial charge in [0.15, 0.2) is 0 Å². The van der Waals surface area contributed by atoms with Gasteiger partial charge >= 0.3 is 12.1 Å². The molecular weight excluding hydrogens is 306 g/mol. The molecule has 130 valence electrons. The molecule has 0 unspecified atom stereocenters. The van der Waals surface area contributed by atoms with Gasteiger partial charge in [-0.1, -0.05) is 50.3 Å². The average molecular weight is 331 g/mol. The molecule has 1 saturated carbocycles. The van der Waals surface area contributed by atoms with Crippen molar-refractivity contribution in [3.8, 4) is 0 Å². The zero-order valence-electron chi connectivity index (χ0n) is 13.9. The number of benzene rings is 1. The van der Waals surface area contributed by atoms with Crippen molar-refractivity contribution in [2.24, 2.45) is 5.92 Å². The Morgan fingerprint density at radius 1 is 1.17 bits per heavy atom. The van der Waals surface area contributed by atoms with Crippen LogP contribution in [0.3, 0.4) is 0 Å². The van der Waals surface area contributed by atoms with Crippen LogP contribution in [0.25, 0.3) is 0 Å². The molecule has 2 aliphatic rings. The molecule has 1 fully saturated rings. The fourth-order valence-corrected chi connectivity index (χ4v) is 3.89. The van der Waals surface area contributed by atoms with Crippen LogP contribution >= 0.6 is 0 Å². The van der Waals surface area contributed by atoms with Gasteiger partial charge in [-0.2, -0.15) is 0 Å². The lowest BCUT2D eigenvalue weighted by molar-refractivity contribution is -0.138. The first-order chi connectivity index (χ1) is 11.7. The summed E-state index contributed by atoms with van der Waals surface area (Å²) in [5.74, 6) is -0.234. The van der Waals surface area contributed by atoms with Gasteiger partial charge in [-0.3, -0.25) is 4.90 Å². The van der Waals surface area contributed by atoms with Gasteiger partial charge < -0.3 is 9.84 Å². The van der Waals surface area contributed by atoms with Crippen LogP contribution in [0.2, 0.25) is 0 Å². The number of amides is 1. The summed E-state index contributed by atoms with van der Waals surface area (Å²) in [6, 6.07) is 6.44. The van der Waals surface area contributed by atoms with Crippen molar-refractivity contribution in [2.45, 2.75) is 57.4 Å². The number of carbonyl (C=O) groups excluding carboxylic acids is 1. The number of hydrogen-bond donors (Lipinski definition) is 1. The van der Waals surface area contributed by atoms with E-state index in [0.717, 1.165) is 24.3 Å². The summed E-state index contributed by atoms with van der Waals surface area (Å²) in [5, 5.41) is 9.40. The largest absolute Gasteiger partial charge is 0.480 e. The fourth-order valence-electron chi connectivity index (χ4n) is 3.89. The topological polar surface area (TPSA) is 66.8 Å². The number of fused-ring (bicyclic) bond motifs is 1. The zero-order chi connectivity index (χ0) is 16.9. The van der Waals surface area contributed by atoms with Crippen molar-refractivity contribution in [3.63, 3.8) is 0 Å². The van der Waals surface area contributed by atoms with E-state index in [1.165, 1.54) is 37.0 Å². The van der Waals surface area contributed by atoms with Gasteiger partial charge in [0, 0.05) is 6.42 Å². The number of para-hydroxylation sites is 1. The highest BCUT2D eigenvalue weighted by atomic mass is 16.6. The van der Waals surface area contributed by atoms with Crippen molar-refractivity contribution < 1.29 is 19.4 Å². The van der Waals surface area contributed by atoms with Crippen LogP contribution in [-0.2, 0) is 16.0 Å². The number of aliphatic carboxylic acids is 1. The molecule has 0 saturated heterocycles. The van der Waals surface area contributed by atoms with Crippen LogP contribution in [0.4, 0.5) is 10.5 Å². The van der Waals surface area contributed by atoms with E-state index < -0.39 is 18.1 Å². The predicted octanol–water partition coefficient (Wildman–Crippen LogP) is 4.00. The van der Waals surface area contributed by atoms with Crippen molar-refractivity contribution in [1.82, 2.24) is 0 Å². The molecule has 0 bridgehead atoms. The molecule has 1 heterocycles. The Morgan fingerprint density at radius 3 is 2.67 bits per heavy atom. The van der Waals surface area contributed by atoms with Crippen LogP contribution in [0.1, 0.15) is 50.5 Å². The summed E-state index contributed by atoms with van der Waals surface area (Å²) < 4.78 is 5.38. The van der Waals surface area contributed by atoms with Gasteiger partial charge in [-0.05, 0) is 30.4 Å². The summed E-state index contributed by atoms with van der Waals surface area (Å²) >= 11 is 0. The van der Waals surface area contributed by atoms with Crippen molar-refractivity contribution in [3.05, 3.63) is 29.8 Å². The van der Waals surface area contributed by atoms with E-state index in [4.69, 9.17) is 4.74 Å². The molecule has 1 aromatic carbocycles. The maximum absolute atomic E-state index is 12.4. The highest BCUT2D eigenvalue weighted by Gasteiger charge is 2.39. The summed E-state index contributed by atoms with van der Waals surface area (Å²) in [7, 11) is 0. The first-order valence-corrected chi connectivity index (χ1v) is 8.93. The number of carboxylic acids is 1. The maximum atomic E-state index is 12.4. The number of anilines is 1. The van der Waals surface area contributed by atoms with E-state index in [1.54, 1.807) is 6.07 Å². The Labute approximate surface area is 142 Å². The SMILES string of the molecule is O=C(O)[C@H]1Cc2ccccc2N1C(=O)OCCCC1CCCCC1. The second kappa shape index (κ2) is 7.69. The molecule has 1 N–H and O–H groups in total. The minimum Gasteiger partial charge on any atom is -0.480 e. The van der Waals surface area contributed by atoms with E-state index in [9.17, 15) is 14.7 Å². The number of carbonyl (C=O) groups is 2. The fraction of sp³-hybridized carbons (Fsp3) is 0.579. The molecule has 0 spiro atoms. The standard InChI is InChI=1S/C19H25NO4/c21-18(22)17-13-15-10-4-5-11-16(15)20(17)19(23)24-12-6-9-14-7-2-1-3-8-14/h4-5,10-11,14,17H,1-3,6-9,12-13H2,(H,21,22)/t17-/m1/s1. The van der Waals surface area contributed by atoms with Gasteiger partial charge in [0.05, 0.1) is 12.3 Å². The molecule has 24 heavy (non-hydrogen) atoms. The minimum atomic E-state index is -0.995. The number of hydrogen-bond acceptors (Lipinski definition) is 3. The molecule has 1 aliphatic carbocycles. The lowest BCUT2D eigenvalue weighted by Gasteiger charge is -2.23. The van der Waals surface area contributed by atoms with Crippen LogP contribution in [-0.4, -0.2) is 29.8 Å². The van der Waals surface area contributed by atoms with Crippen LogP contribution in [0.5, 0.6) is 0 Å². The third kappa shape index (κ3) is 3.71. The predicted molar refractivity (Wildman–Crippen MR) is 91.2 cm³/mol. The molecule has 5 heteroatoms. The summed E-state index contributed by atoms with van der Waals surface area (Å²) in [4.78, 5) is 25.2. The summed E-state index contributed by atoms with van der Waals surface area (Å²) in [6.45, 7) is 0.361. The van der Waals surface area contributed by atoms with E-state index >= 15 is 0 Å². The molecule has 0 aromatic heterocycles. The smallest absolute Gasteiger partial charge is 0.415 e. The number of rotatable bonds is 5. The van der Waals surface area contributed by atoms with E-state index in [0.29, 0.717) is 18.7 Å². The molecule has 5 nitrogen and oxygen atoms in total. The van der Waals surface area contributed by atoms with Gasteiger partial charge in [-0.15, -0.1) is 0 Å². The summed E-state index contributed by atoms with van der Waals surface area (Å²) in [6.07, 6.45) is 8.28. The molecular formula is C19H25NO4. The zero-order valence-corrected chi connectivity index (χ0v) is 13.9. The van der Waals surface area contributed by atoms with E-state index in [-0.39, 0.29) is 0 Å². The lowest BCUT2D eigenvalue weighted by atomic mass is 9.86. The average Bonchev–Trinajstić information content (AvgIpc) is 2.99. The lowest BCUT2D eigenvalue weighted by Crippen LogP contribution is -2.43. The van der Waals surface area contributed by atoms with Gasteiger partial charge in [-0.25, -0.2) is 9.59 Å². The Hall–Kier alpha value is -2.04. The van der Waals surface area contributed by atoms with Gasteiger partial charge in [0.25, 0.3) is 0 Å². The molecule has 1 aromatic rings. The van der Waals surface area contributed by atoms with Gasteiger partial charge in [0.2, 0.25) is 0 Å². The third-order valence-corrected chi connectivity index (χ3v) is 5.16. The summed E-state index contributed by atoms with van der Waals surface area (Å²) in [5.41, 5.74) is 1.53. The monoisotopic (exact) mass is 331 g/mol. The van der Waals surface area contributed by atoms with Gasteiger partial charge in [0.1, 0.15) is 6.04 Å². The van der Waals surface area contributed by atoms with Crippen LogP contribution < -0.4 is 4.90 Å². The molecule has 1 amide bonds. The normalized spacial score (nSPS) is 20.7. The van der Waals surface area contributed by atoms with Crippen molar-refractivity contribution >= 4 is 17.7 Å². The van der Waals surface area contributed by atoms with Crippen LogP contribution in [0, 0.1) is 5.92 Å². The maximum Gasteiger partial charge on any atom is 0.415 e. The first kappa shape index (κ1) is 16.8. The highest BCUT2D eigenvalue weighted by molar-refractivity contribution is 5.98. The van der Waals surface area contributed by atoms with Crippen molar-refractivity contribution in [1.29, 1.82) is 0 Å². The quantitative estimate of drug-likeness (QED) is 0.828. The first-order valence-electron chi connectivity index (χ1n) is 8.93. The molecule has 3 rings (SSSR count). The van der Waals surface area contributed by atoms with E-state index in [1.807, 2.05) is 18.2 Å². The third-order valence-electron chi connectivity index (χ3n) is 5.16. The Morgan fingerprint density at radius 2 is 1.92 bits per heavy atom.